The first-order chi connectivity index (χ1) is 20.0. The third kappa shape index (κ3) is 3.91. The molecular weight excluding hydrogens is 520 g/mol. The number of rotatable bonds is 2. The molecule has 7 rings (SSSR count). The second kappa shape index (κ2) is 8.78. The predicted molar refractivity (Wildman–Crippen MR) is 188 cm³/mol. The molecule has 0 fully saturated rings. The Hall–Kier alpha value is -3.52. The third-order valence-electron chi connectivity index (χ3n) is 10.3. The van der Waals surface area contributed by atoms with E-state index in [1.165, 1.54) is 77.0 Å². The van der Waals surface area contributed by atoms with Gasteiger partial charge >= 0.3 is 0 Å². The molecule has 0 saturated carbocycles. The van der Waals surface area contributed by atoms with Gasteiger partial charge in [-0.1, -0.05) is 67.5 Å². The summed E-state index contributed by atoms with van der Waals surface area (Å²) < 4.78 is 5.11. The van der Waals surface area contributed by atoms with Crippen LogP contribution in [0.5, 0.6) is 0 Å². The van der Waals surface area contributed by atoms with Crippen LogP contribution in [0, 0.1) is 0 Å². The number of nitrogens with zero attached hydrogens (tertiary/aromatic N) is 2. The van der Waals surface area contributed by atoms with Gasteiger partial charge in [0.1, 0.15) is 0 Å². The molecule has 0 amide bonds. The van der Waals surface area contributed by atoms with Crippen molar-refractivity contribution in [2.24, 2.45) is 0 Å². The lowest BCUT2D eigenvalue weighted by Gasteiger charge is -2.22. The van der Waals surface area contributed by atoms with Crippen molar-refractivity contribution in [3.63, 3.8) is 0 Å². The van der Waals surface area contributed by atoms with E-state index < -0.39 is 0 Å². The van der Waals surface area contributed by atoms with Gasteiger partial charge in [-0.25, -0.2) is 0 Å². The van der Waals surface area contributed by atoms with Gasteiger partial charge in [0.2, 0.25) is 0 Å². The smallest absolute Gasteiger partial charge is 0.0500 e. The summed E-state index contributed by atoms with van der Waals surface area (Å²) in [5.74, 6) is 0. The molecule has 4 aromatic carbocycles. The summed E-state index contributed by atoms with van der Waals surface area (Å²) in [6.07, 6.45) is 0. The van der Waals surface area contributed by atoms with Crippen LogP contribution in [-0.4, -0.2) is 9.13 Å². The van der Waals surface area contributed by atoms with Gasteiger partial charge in [-0.3, -0.25) is 0 Å². The molecule has 43 heavy (non-hydrogen) atoms. The lowest BCUT2D eigenvalue weighted by molar-refractivity contribution is 0.590. The van der Waals surface area contributed by atoms with Crippen molar-refractivity contribution < 1.29 is 0 Å². The molecule has 0 spiro atoms. The molecule has 2 nitrogen and oxygen atoms in total. The molecule has 2 heterocycles. The Kier molecular flexibility index (Phi) is 5.77. The maximum absolute atomic E-state index is 2.56. The summed E-state index contributed by atoms with van der Waals surface area (Å²) in [5.41, 5.74) is 14.0. The van der Waals surface area contributed by atoms with E-state index >= 15 is 0 Å². The largest absolute Gasteiger partial charge is 0.338 e. The van der Waals surface area contributed by atoms with E-state index in [9.17, 15) is 0 Å². The maximum Gasteiger partial charge on any atom is 0.0500 e. The highest BCUT2D eigenvalue weighted by atomic mass is 15.0. The van der Waals surface area contributed by atoms with Crippen LogP contribution >= 0.6 is 0 Å². The van der Waals surface area contributed by atoms with Gasteiger partial charge in [-0.05, 0) is 120 Å². The number of benzene rings is 4. The quantitative estimate of drug-likeness (QED) is 0.197. The van der Waals surface area contributed by atoms with Crippen molar-refractivity contribution in [3.05, 3.63) is 82.9 Å². The average molecular weight is 569 g/mol. The van der Waals surface area contributed by atoms with Crippen LogP contribution in [-0.2, 0) is 16.2 Å². The molecule has 0 aliphatic heterocycles. The van der Waals surface area contributed by atoms with Crippen LogP contribution in [0.15, 0.2) is 60.7 Å². The molecule has 1 aliphatic carbocycles. The molecule has 0 unspecified atom stereocenters. The minimum atomic E-state index is -0.0885. The summed E-state index contributed by atoms with van der Waals surface area (Å²) in [5, 5.41) is 5.52. The Bertz CT molecular complexity index is 1960. The van der Waals surface area contributed by atoms with Crippen molar-refractivity contribution in [3.8, 4) is 11.1 Å². The fraction of sp³-hybridized carbons (Fsp3) is 0.415. The van der Waals surface area contributed by atoms with Gasteiger partial charge in [0, 0.05) is 61.1 Å². The van der Waals surface area contributed by atoms with E-state index in [2.05, 4.69) is 153 Å². The van der Waals surface area contributed by atoms with Gasteiger partial charge in [0.05, 0.1) is 0 Å². The first kappa shape index (κ1) is 28.3. The van der Waals surface area contributed by atoms with Gasteiger partial charge in [-0.15, -0.1) is 0 Å². The highest BCUT2D eigenvalue weighted by Gasteiger charge is 2.37. The zero-order chi connectivity index (χ0) is 31.0. The molecule has 0 saturated heterocycles. The molecule has 0 radical (unpaired) electrons. The van der Waals surface area contributed by atoms with Crippen LogP contribution in [0.1, 0.15) is 117 Å². The molecule has 0 N–H and O–H groups in total. The highest BCUT2D eigenvalue weighted by Crippen LogP contribution is 2.53. The molecule has 1 aliphatic rings. The monoisotopic (exact) mass is 568 g/mol. The molecule has 2 heteroatoms. The van der Waals surface area contributed by atoms with Crippen molar-refractivity contribution in [2.75, 3.05) is 0 Å². The van der Waals surface area contributed by atoms with Crippen LogP contribution in [0.3, 0.4) is 0 Å². The normalized spacial score (nSPS) is 15.1. The highest BCUT2D eigenvalue weighted by molar-refractivity contribution is 6.13. The summed E-state index contributed by atoms with van der Waals surface area (Å²) >= 11 is 0. The Morgan fingerprint density at radius 3 is 1.16 bits per heavy atom. The van der Waals surface area contributed by atoms with Crippen molar-refractivity contribution >= 4 is 43.6 Å². The van der Waals surface area contributed by atoms with Crippen molar-refractivity contribution in [1.29, 1.82) is 0 Å². The van der Waals surface area contributed by atoms with Crippen LogP contribution in [0.4, 0.5) is 0 Å². The SMILES string of the molecule is CC(C)n1c2ccc(C(C)(C)C)cc2c2cc3c(cc21)-c1cc2c(cc1C3(C)C)c1cc(C(C)(C)C)ccc1n2C(C)C. The summed E-state index contributed by atoms with van der Waals surface area (Å²) in [7, 11) is 0. The zero-order valence-corrected chi connectivity index (χ0v) is 28.3. The number of hydrogen-bond acceptors (Lipinski definition) is 0. The van der Waals surface area contributed by atoms with Crippen LogP contribution < -0.4 is 0 Å². The maximum atomic E-state index is 2.56. The number of fused-ring (bicyclic) bond motifs is 9. The molecule has 0 bridgehead atoms. The topological polar surface area (TPSA) is 9.86 Å². The Morgan fingerprint density at radius 1 is 0.488 bits per heavy atom. The molecular formula is C41H48N2. The predicted octanol–water partition coefficient (Wildman–Crippen LogP) is 12.0. The first-order valence-electron chi connectivity index (χ1n) is 16.3. The second-order valence-electron chi connectivity index (χ2n) is 16.3. The fourth-order valence-corrected chi connectivity index (χ4v) is 7.86. The zero-order valence-electron chi connectivity index (χ0n) is 28.3. The minimum Gasteiger partial charge on any atom is -0.338 e. The molecule has 6 aromatic rings. The number of aromatic nitrogens is 2. The van der Waals surface area contributed by atoms with E-state index in [1.807, 2.05) is 0 Å². The van der Waals surface area contributed by atoms with Crippen LogP contribution in [0.2, 0.25) is 0 Å². The Balaban J connectivity index is 1.57. The van der Waals surface area contributed by atoms with Gasteiger partial charge < -0.3 is 9.13 Å². The second-order valence-corrected chi connectivity index (χ2v) is 16.3. The summed E-state index contributed by atoms with van der Waals surface area (Å²) in [6.45, 7) is 28.0. The standard InChI is InChI=1S/C41H48N2/c1-23(2)42-35-15-13-25(39(5,6)7)17-29(35)31-19-33-27(21-37(31)42)28-22-38-32(20-34(28)41(33,11)12)30-18-26(40(8,9)10)14-16-36(30)43(38)24(3)4/h13-24H,1-12H3. The van der Waals surface area contributed by atoms with E-state index in [4.69, 9.17) is 0 Å². The van der Waals surface area contributed by atoms with E-state index in [0.29, 0.717) is 12.1 Å². The minimum absolute atomic E-state index is 0.0885. The fourth-order valence-electron chi connectivity index (χ4n) is 7.86. The number of hydrogen-bond donors (Lipinski definition) is 0. The lowest BCUT2D eigenvalue weighted by Crippen LogP contribution is -2.15. The molecule has 222 valence electrons. The Morgan fingerprint density at radius 2 is 0.837 bits per heavy atom. The molecule has 2 aromatic heterocycles. The van der Waals surface area contributed by atoms with Crippen molar-refractivity contribution in [1.82, 2.24) is 9.13 Å². The summed E-state index contributed by atoms with van der Waals surface area (Å²) in [6, 6.07) is 25.1. The van der Waals surface area contributed by atoms with E-state index in [0.717, 1.165) is 0 Å². The van der Waals surface area contributed by atoms with Gasteiger partial charge in [0.25, 0.3) is 0 Å². The Labute approximate surface area is 257 Å². The van der Waals surface area contributed by atoms with Crippen molar-refractivity contribution in [2.45, 2.75) is 111 Å². The lowest BCUT2D eigenvalue weighted by atomic mass is 9.81. The molecule has 0 atom stereocenters. The van der Waals surface area contributed by atoms with Gasteiger partial charge in [0.15, 0.2) is 0 Å². The van der Waals surface area contributed by atoms with E-state index in [-0.39, 0.29) is 16.2 Å². The van der Waals surface area contributed by atoms with Crippen LogP contribution in [0.25, 0.3) is 54.7 Å². The first-order valence-corrected chi connectivity index (χ1v) is 16.3. The third-order valence-corrected chi connectivity index (χ3v) is 10.3. The average Bonchev–Trinajstić information content (AvgIpc) is 3.48. The van der Waals surface area contributed by atoms with Gasteiger partial charge in [-0.2, -0.15) is 0 Å². The van der Waals surface area contributed by atoms with E-state index in [1.54, 1.807) is 0 Å². The summed E-state index contributed by atoms with van der Waals surface area (Å²) in [4.78, 5) is 0.